The van der Waals surface area contributed by atoms with E-state index in [1.807, 2.05) is 106 Å². The number of nitrogens with one attached hydrogen (secondary N) is 1. The minimum atomic E-state index is -0.329. The third-order valence-electron chi connectivity index (χ3n) is 7.46. The van der Waals surface area contributed by atoms with E-state index in [9.17, 15) is 9.59 Å². The summed E-state index contributed by atoms with van der Waals surface area (Å²) in [6, 6.07) is 17.0. The van der Waals surface area contributed by atoms with Crippen LogP contribution in [0, 0.1) is 20.8 Å². The standard InChI is InChI=1S/C26H26N4O2.C8H12N4/c1-17-23(19(3)29(4)28-17)14-13-20-9-8-10-21-15-24(18(2)27-16-31)30(26(32)25(20)21)22-11-6-5-7-12-22;1-4-5-10-8-6(2)7(9)11-12(8)3/h5-16,18H,1-4H3,(H,27,31);4-5H,1H2,2-3H3,(H2,9,11)/b14-13+;10-5-. The minimum absolute atomic E-state index is 0.122. The maximum absolute atomic E-state index is 13.8. The highest BCUT2D eigenvalue weighted by molar-refractivity contribution is 5.93. The lowest BCUT2D eigenvalue weighted by molar-refractivity contribution is -0.110. The molecule has 0 radical (unpaired) electrons. The Bertz CT molecular complexity index is 1930. The van der Waals surface area contributed by atoms with Gasteiger partial charge in [-0.1, -0.05) is 61.2 Å². The number of amides is 1. The van der Waals surface area contributed by atoms with Crippen LogP contribution in [0.2, 0.25) is 0 Å². The number of nitrogens with two attached hydrogens (primary N) is 1. The van der Waals surface area contributed by atoms with Gasteiger partial charge >= 0.3 is 0 Å². The van der Waals surface area contributed by atoms with E-state index in [-0.39, 0.29) is 11.6 Å². The summed E-state index contributed by atoms with van der Waals surface area (Å²) in [4.78, 5) is 29.0. The number of carbonyl (C=O) groups is 1. The van der Waals surface area contributed by atoms with Gasteiger partial charge in [-0.15, -0.1) is 0 Å². The van der Waals surface area contributed by atoms with Gasteiger partial charge in [0.1, 0.15) is 0 Å². The summed E-state index contributed by atoms with van der Waals surface area (Å²) in [6.07, 6.45) is 7.88. The van der Waals surface area contributed by atoms with Gasteiger partial charge in [-0.05, 0) is 56.8 Å². The molecule has 10 nitrogen and oxygen atoms in total. The summed E-state index contributed by atoms with van der Waals surface area (Å²) >= 11 is 0. The molecule has 0 aliphatic rings. The number of para-hydroxylation sites is 1. The van der Waals surface area contributed by atoms with E-state index in [0.29, 0.717) is 17.6 Å². The van der Waals surface area contributed by atoms with Crippen molar-refractivity contribution >= 4 is 47.2 Å². The molecule has 226 valence electrons. The third kappa shape index (κ3) is 6.44. The highest BCUT2D eigenvalue weighted by atomic mass is 16.1. The van der Waals surface area contributed by atoms with Gasteiger partial charge in [0.25, 0.3) is 5.56 Å². The number of hydrogen-bond acceptors (Lipinski definition) is 6. The first-order valence-electron chi connectivity index (χ1n) is 14.1. The molecule has 5 rings (SSSR count). The number of aliphatic imine (C=N–C) groups is 1. The zero-order valence-corrected chi connectivity index (χ0v) is 25.9. The van der Waals surface area contributed by atoms with E-state index in [1.54, 1.807) is 28.6 Å². The molecule has 3 aromatic heterocycles. The topological polar surface area (TPSA) is 125 Å². The molecule has 3 N–H and O–H groups in total. The number of hydrogen-bond donors (Lipinski definition) is 2. The number of nitrogens with zero attached hydrogens (tertiary/aromatic N) is 6. The number of benzene rings is 2. The van der Waals surface area contributed by atoms with Crippen molar-refractivity contribution in [2.75, 3.05) is 5.73 Å². The molecule has 0 aliphatic carbocycles. The number of anilines is 1. The molecule has 1 unspecified atom stereocenters. The summed E-state index contributed by atoms with van der Waals surface area (Å²) < 4.78 is 5.18. The van der Waals surface area contributed by atoms with Gasteiger partial charge in [0.05, 0.1) is 17.1 Å². The first kappa shape index (κ1) is 31.4. The van der Waals surface area contributed by atoms with E-state index >= 15 is 0 Å². The number of rotatable bonds is 8. The van der Waals surface area contributed by atoms with Gasteiger partial charge in [0.15, 0.2) is 11.6 Å². The van der Waals surface area contributed by atoms with E-state index in [2.05, 4.69) is 27.1 Å². The van der Waals surface area contributed by atoms with Crippen LogP contribution in [0.5, 0.6) is 0 Å². The fourth-order valence-electron chi connectivity index (χ4n) is 5.05. The van der Waals surface area contributed by atoms with Gasteiger partial charge in [0.2, 0.25) is 6.41 Å². The molecule has 1 atom stereocenters. The van der Waals surface area contributed by atoms with Crippen LogP contribution >= 0.6 is 0 Å². The Kier molecular flexibility index (Phi) is 9.74. The molecule has 0 aliphatic heterocycles. The number of allylic oxidation sites excluding steroid dienone is 1. The van der Waals surface area contributed by atoms with Crippen LogP contribution in [0.3, 0.4) is 0 Å². The van der Waals surface area contributed by atoms with Gasteiger partial charge in [-0.25, -0.2) is 9.67 Å². The minimum Gasteiger partial charge on any atom is -0.382 e. The summed E-state index contributed by atoms with van der Waals surface area (Å²) in [5.74, 6) is 1.29. The van der Waals surface area contributed by atoms with Crippen LogP contribution in [0.4, 0.5) is 11.6 Å². The monoisotopic (exact) mass is 590 g/mol. The van der Waals surface area contributed by atoms with Crippen molar-refractivity contribution in [3.63, 3.8) is 0 Å². The summed E-state index contributed by atoms with van der Waals surface area (Å²) in [5.41, 5.74) is 11.7. The van der Waals surface area contributed by atoms with Crippen molar-refractivity contribution in [2.24, 2.45) is 19.1 Å². The average molecular weight is 591 g/mol. The lowest BCUT2D eigenvalue weighted by Crippen LogP contribution is -2.28. The van der Waals surface area contributed by atoms with Crippen LogP contribution in [-0.4, -0.2) is 36.8 Å². The molecule has 5 aromatic rings. The van der Waals surface area contributed by atoms with E-state index < -0.39 is 0 Å². The van der Waals surface area contributed by atoms with E-state index in [4.69, 9.17) is 5.73 Å². The van der Waals surface area contributed by atoms with Crippen LogP contribution in [-0.2, 0) is 18.9 Å². The molecule has 3 heterocycles. The highest BCUT2D eigenvalue weighted by Gasteiger charge is 2.17. The van der Waals surface area contributed by atoms with Crippen LogP contribution in [0.1, 0.15) is 46.7 Å². The number of aryl methyl sites for hydroxylation is 3. The highest BCUT2D eigenvalue weighted by Crippen LogP contribution is 2.25. The van der Waals surface area contributed by atoms with Crippen LogP contribution < -0.4 is 16.6 Å². The van der Waals surface area contributed by atoms with Gasteiger partial charge < -0.3 is 11.1 Å². The molecular formula is C34H38N8O2. The Labute approximate surface area is 256 Å². The van der Waals surface area contributed by atoms with Crippen LogP contribution in [0.25, 0.3) is 28.6 Å². The molecule has 0 saturated heterocycles. The van der Waals surface area contributed by atoms with Crippen molar-refractivity contribution in [3.05, 3.63) is 111 Å². The van der Waals surface area contributed by atoms with Crippen molar-refractivity contribution in [2.45, 2.75) is 33.7 Å². The normalized spacial score (nSPS) is 12.0. The molecular weight excluding hydrogens is 552 g/mol. The fourth-order valence-corrected chi connectivity index (χ4v) is 5.05. The number of fused-ring (bicyclic) bond motifs is 1. The maximum atomic E-state index is 13.8. The Morgan fingerprint density at radius 2 is 1.73 bits per heavy atom. The predicted octanol–water partition coefficient (Wildman–Crippen LogP) is 5.52. The second-order valence-electron chi connectivity index (χ2n) is 10.4. The van der Waals surface area contributed by atoms with Gasteiger partial charge in [0, 0.05) is 48.5 Å². The Morgan fingerprint density at radius 1 is 1.00 bits per heavy atom. The first-order valence-corrected chi connectivity index (χ1v) is 14.1. The van der Waals surface area contributed by atoms with Crippen molar-refractivity contribution in [3.8, 4) is 5.69 Å². The maximum Gasteiger partial charge on any atom is 0.263 e. The number of carbonyl (C=O) groups excluding carboxylic acids is 1. The first-order chi connectivity index (χ1) is 21.1. The molecule has 1 amide bonds. The molecule has 0 fully saturated rings. The summed E-state index contributed by atoms with van der Waals surface area (Å²) in [6.45, 7) is 11.3. The van der Waals surface area contributed by atoms with Gasteiger partial charge in [-0.2, -0.15) is 10.2 Å². The van der Waals surface area contributed by atoms with Crippen LogP contribution in [0.15, 0.2) is 77.0 Å². The second kappa shape index (κ2) is 13.6. The average Bonchev–Trinajstić information content (AvgIpc) is 3.40. The molecule has 0 spiro atoms. The lowest BCUT2D eigenvalue weighted by Gasteiger charge is -2.20. The number of pyridine rings is 1. The van der Waals surface area contributed by atoms with E-state index in [1.165, 1.54) is 0 Å². The Morgan fingerprint density at radius 3 is 2.32 bits per heavy atom. The third-order valence-corrected chi connectivity index (χ3v) is 7.46. The van der Waals surface area contributed by atoms with Crippen molar-refractivity contribution < 1.29 is 4.79 Å². The van der Waals surface area contributed by atoms with Crippen molar-refractivity contribution in [1.82, 2.24) is 29.4 Å². The van der Waals surface area contributed by atoms with Gasteiger partial charge in [-0.3, -0.25) is 18.8 Å². The van der Waals surface area contributed by atoms with Crippen molar-refractivity contribution in [1.29, 1.82) is 0 Å². The summed E-state index contributed by atoms with van der Waals surface area (Å²) in [5, 5.41) is 12.7. The quantitative estimate of drug-likeness (QED) is 0.182. The number of nitrogen functional groups attached to an aromatic ring is 1. The molecule has 2 aromatic carbocycles. The van der Waals surface area contributed by atoms with E-state index in [0.717, 1.165) is 50.7 Å². The lowest BCUT2D eigenvalue weighted by atomic mass is 10.0. The fraction of sp³-hybridized carbons (Fsp3) is 0.206. The predicted molar refractivity (Wildman–Crippen MR) is 179 cm³/mol. The smallest absolute Gasteiger partial charge is 0.263 e. The molecule has 0 saturated carbocycles. The molecule has 0 bridgehead atoms. The largest absolute Gasteiger partial charge is 0.382 e. The Hall–Kier alpha value is -5.51. The zero-order valence-electron chi connectivity index (χ0n) is 25.9. The Balaban J connectivity index is 0.000000309. The number of aromatic nitrogens is 5. The molecule has 44 heavy (non-hydrogen) atoms. The summed E-state index contributed by atoms with van der Waals surface area (Å²) in [7, 11) is 3.73. The zero-order chi connectivity index (χ0) is 32.0. The second-order valence-corrected chi connectivity index (χ2v) is 10.4. The SMILES string of the molecule is C=C/C=N\c1c(C)c(N)nn1C.Cc1nn(C)c(C)c1/C=C/c1cccc2cc(C(C)NC=O)n(-c3ccccc3)c(=O)c12. The molecule has 10 heteroatoms.